The van der Waals surface area contributed by atoms with Gasteiger partial charge in [-0.05, 0) is 0 Å². The molecule has 0 unspecified atom stereocenters. The molecule has 0 aromatic rings. The van der Waals surface area contributed by atoms with Crippen LogP contribution in [0.5, 0.6) is 0 Å². The molecule has 0 aliphatic carbocycles. The first-order chi connectivity index (χ1) is 2.24. The molecular formula is H2Cl2O3S. The maximum absolute atomic E-state index is 9.43. The van der Waals surface area contributed by atoms with Crippen molar-refractivity contribution in [3.63, 3.8) is 0 Å². The molecule has 3 nitrogen and oxygen atoms in total. The van der Waals surface area contributed by atoms with Crippen LogP contribution in [0.4, 0.5) is 0 Å². The van der Waals surface area contributed by atoms with Crippen LogP contribution < -0.4 is 0 Å². The van der Waals surface area contributed by atoms with Gasteiger partial charge < -0.3 is 0 Å². The van der Waals surface area contributed by atoms with Crippen LogP contribution in [0, 0.1) is 0 Å². The maximum Gasteiger partial charge on any atom is 0.237 e. The minimum Gasteiger partial charge on any atom is -0.285 e. The molecule has 6 heavy (non-hydrogen) atoms. The molecule has 0 heterocycles. The minimum absolute atomic E-state index is 4.21. The first-order valence-electron chi connectivity index (χ1n) is 0.840. The van der Waals surface area contributed by atoms with Crippen LogP contribution in [0.2, 0.25) is 0 Å². The zero-order valence-corrected chi connectivity index (χ0v) is 4.80. The third-order valence-corrected chi connectivity index (χ3v) is 0. The summed E-state index contributed by atoms with van der Waals surface area (Å²) in [6.07, 6.45) is 0. The lowest BCUT2D eigenvalue weighted by Crippen LogP contribution is -2.10. The minimum atomic E-state index is -5.16. The van der Waals surface area contributed by atoms with E-state index < -0.39 is 8.05 Å². The van der Waals surface area contributed by atoms with Gasteiger partial charge in [0.05, 0.1) is 0 Å². The molecule has 0 rings (SSSR count). The van der Waals surface area contributed by atoms with E-state index in [9.17, 15) is 4.21 Å². The second kappa shape index (κ2) is 1.08. The first kappa shape index (κ1) is 6.65. The Morgan fingerprint density at radius 3 is 1.33 bits per heavy atom. The predicted molar refractivity (Wildman–Crippen MR) is 25.1 cm³/mol. The SMILES string of the molecule is O=S(O)(O)(Cl)Cl. The summed E-state index contributed by atoms with van der Waals surface area (Å²) in [6.45, 7) is 0. The number of halogens is 2. The van der Waals surface area contributed by atoms with Gasteiger partial charge in [0.1, 0.15) is 0 Å². The van der Waals surface area contributed by atoms with Gasteiger partial charge in [0, 0.05) is 21.4 Å². The normalized spacial score (nSPS) is 19.0. The Bertz CT molecular complexity index is 86.5. The van der Waals surface area contributed by atoms with E-state index in [1.807, 2.05) is 0 Å². The molecule has 0 aliphatic heterocycles. The second-order valence-electron chi connectivity index (χ2n) is 0.691. The predicted octanol–water partition coefficient (Wildman–Crippen LogP) is 1.06. The van der Waals surface area contributed by atoms with E-state index in [1.54, 1.807) is 0 Å². The van der Waals surface area contributed by atoms with E-state index in [0.29, 0.717) is 0 Å². The van der Waals surface area contributed by atoms with Crippen LogP contribution in [0.25, 0.3) is 0 Å². The Labute approximate surface area is 43.3 Å². The molecule has 0 spiro atoms. The fraction of sp³-hybridized carbons (Fsp3) is 0. The summed E-state index contributed by atoms with van der Waals surface area (Å²) in [7, 11) is 3.27. The zero-order chi connectivity index (χ0) is 5.45. The lowest BCUT2D eigenvalue weighted by Gasteiger charge is -2.08. The van der Waals surface area contributed by atoms with Crippen molar-refractivity contribution in [2.24, 2.45) is 0 Å². The summed E-state index contributed by atoms with van der Waals surface area (Å²) in [5, 5.41) is 0. The number of hydrogen-bond donors (Lipinski definition) is 2. The van der Waals surface area contributed by atoms with Gasteiger partial charge >= 0.3 is 0 Å². The van der Waals surface area contributed by atoms with Gasteiger partial charge in [0.2, 0.25) is 8.05 Å². The monoisotopic (exact) mass is 152 g/mol. The van der Waals surface area contributed by atoms with E-state index >= 15 is 0 Å². The first-order valence-corrected chi connectivity index (χ1v) is 4.37. The molecule has 0 aromatic carbocycles. The summed E-state index contributed by atoms with van der Waals surface area (Å²) >= 11 is 0. The van der Waals surface area contributed by atoms with Crippen molar-refractivity contribution in [1.29, 1.82) is 0 Å². The quantitative estimate of drug-likeness (QED) is 0.511. The highest BCUT2D eigenvalue weighted by atomic mass is 36.0. The average Bonchev–Trinajstić information content (AvgIpc) is 0.650. The van der Waals surface area contributed by atoms with E-state index in [0.717, 1.165) is 0 Å². The van der Waals surface area contributed by atoms with E-state index in [-0.39, 0.29) is 0 Å². The van der Waals surface area contributed by atoms with Crippen LogP contribution in [0.15, 0.2) is 0 Å². The highest BCUT2D eigenvalue weighted by Crippen LogP contribution is 2.26. The van der Waals surface area contributed by atoms with Crippen molar-refractivity contribution in [2.45, 2.75) is 0 Å². The third-order valence-electron chi connectivity index (χ3n) is 0. The Morgan fingerprint density at radius 1 is 1.33 bits per heavy atom. The topological polar surface area (TPSA) is 57.5 Å². The van der Waals surface area contributed by atoms with Crippen molar-refractivity contribution in [3.8, 4) is 0 Å². The summed E-state index contributed by atoms with van der Waals surface area (Å²) in [4.78, 5) is 0. The van der Waals surface area contributed by atoms with Crippen molar-refractivity contribution >= 4 is 29.4 Å². The molecule has 0 aliphatic rings. The summed E-state index contributed by atoms with van der Waals surface area (Å²) in [5.74, 6) is 0. The van der Waals surface area contributed by atoms with Crippen LogP contribution in [-0.4, -0.2) is 13.3 Å². The Kier molecular flexibility index (Phi) is 1.19. The molecule has 0 saturated heterocycles. The second-order valence-corrected chi connectivity index (χ2v) is 5.88. The van der Waals surface area contributed by atoms with Crippen LogP contribution in [0.3, 0.4) is 0 Å². The fourth-order valence-electron chi connectivity index (χ4n) is 0. The van der Waals surface area contributed by atoms with Crippen molar-refractivity contribution < 1.29 is 13.3 Å². The highest BCUT2D eigenvalue weighted by Gasteiger charge is 2.19. The van der Waals surface area contributed by atoms with Crippen molar-refractivity contribution in [3.05, 3.63) is 0 Å². The molecule has 0 fully saturated rings. The standard InChI is InChI=1S/Cl2H2O3S/c1-6(2,3,4)5/h(H2,3,4,5). The van der Waals surface area contributed by atoms with Gasteiger partial charge in [0.25, 0.3) is 0 Å². The van der Waals surface area contributed by atoms with Crippen molar-refractivity contribution in [2.75, 3.05) is 0 Å². The molecule has 0 radical (unpaired) electrons. The van der Waals surface area contributed by atoms with E-state index in [1.165, 1.54) is 0 Å². The van der Waals surface area contributed by atoms with Crippen LogP contribution in [-0.2, 0) is 8.05 Å². The average molecular weight is 153 g/mol. The third kappa shape index (κ3) is 147. The van der Waals surface area contributed by atoms with Gasteiger partial charge in [-0.15, -0.1) is 0 Å². The largest absolute Gasteiger partial charge is 0.285 e. The number of hydrogen-bond acceptors (Lipinski definition) is 1. The molecule has 0 atom stereocenters. The van der Waals surface area contributed by atoms with Crippen LogP contribution >= 0.6 is 21.4 Å². The molecule has 40 valence electrons. The van der Waals surface area contributed by atoms with Gasteiger partial charge in [-0.1, -0.05) is 0 Å². The Balaban J connectivity index is 4.16. The van der Waals surface area contributed by atoms with Crippen molar-refractivity contribution in [1.82, 2.24) is 0 Å². The lowest BCUT2D eigenvalue weighted by atomic mass is 15.8. The molecule has 0 aromatic heterocycles. The summed E-state index contributed by atoms with van der Waals surface area (Å²) in [5.41, 5.74) is 0. The highest BCUT2D eigenvalue weighted by molar-refractivity contribution is 8.46. The Hall–Kier alpha value is 0.650. The van der Waals surface area contributed by atoms with Crippen LogP contribution in [0.1, 0.15) is 0 Å². The summed E-state index contributed by atoms with van der Waals surface area (Å²) < 4.78 is 24.7. The van der Waals surface area contributed by atoms with Gasteiger partial charge in [-0.2, -0.15) is 4.21 Å². The van der Waals surface area contributed by atoms with Gasteiger partial charge in [0.15, 0.2) is 0 Å². The van der Waals surface area contributed by atoms with E-state index in [4.69, 9.17) is 9.11 Å². The molecular weight excluding hydrogens is 151 g/mol. The summed E-state index contributed by atoms with van der Waals surface area (Å²) in [6, 6.07) is 0. The molecule has 2 N–H and O–H groups in total. The smallest absolute Gasteiger partial charge is 0.237 e. The zero-order valence-electron chi connectivity index (χ0n) is 2.47. The van der Waals surface area contributed by atoms with Gasteiger partial charge in [-0.3, -0.25) is 9.11 Å². The molecule has 6 heteroatoms. The maximum atomic E-state index is 9.43. The van der Waals surface area contributed by atoms with Gasteiger partial charge in [-0.25, -0.2) is 0 Å². The molecule has 0 saturated carbocycles. The van der Waals surface area contributed by atoms with E-state index in [2.05, 4.69) is 21.4 Å². The fourth-order valence-corrected chi connectivity index (χ4v) is 0. The molecule has 0 amide bonds. The Morgan fingerprint density at radius 2 is 1.33 bits per heavy atom. The lowest BCUT2D eigenvalue weighted by molar-refractivity contribution is 0.435. The molecule has 0 bridgehead atoms. The number of rotatable bonds is 0.